The van der Waals surface area contributed by atoms with Crippen molar-refractivity contribution in [3.63, 3.8) is 0 Å². The molecule has 0 atom stereocenters. The number of hydrogen-bond acceptors (Lipinski definition) is 5. The van der Waals surface area contributed by atoms with E-state index >= 15 is 0 Å². The van der Waals surface area contributed by atoms with Gasteiger partial charge in [0.1, 0.15) is 12.4 Å². The van der Waals surface area contributed by atoms with E-state index in [1.165, 1.54) is 17.4 Å². The molecule has 1 aromatic carbocycles. The third-order valence-electron chi connectivity index (χ3n) is 3.92. The molecule has 26 heavy (non-hydrogen) atoms. The number of aromatic nitrogens is 2. The van der Waals surface area contributed by atoms with E-state index in [9.17, 15) is 9.59 Å². The Hall–Kier alpha value is -2.67. The van der Waals surface area contributed by atoms with Gasteiger partial charge < -0.3 is 10.1 Å². The minimum atomic E-state index is -0.130. The Kier molecular flexibility index (Phi) is 5.08. The quantitative estimate of drug-likeness (QED) is 0.744. The number of aryl methyl sites for hydroxylation is 2. The van der Waals surface area contributed by atoms with Crippen LogP contribution in [0.4, 0.5) is 5.69 Å². The number of nitrogens with one attached hydrogen (secondary N) is 1. The maximum absolute atomic E-state index is 12.2. The van der Waals surface area contributed by atoms with Crippen molar-refractivity contribution < 1.29 is 9.53 Å². The summed E-state index contributed by atoms with van der Waals surface area (Å²) in [7, 11) is 0. The third-order valence-corrected chi connectivity index (χ3v) is 4.87. The molecule has 136 valence electrons. The van der Waals surface area contributed by atoms with Gasteiger partial charge >= 0.3 is 0 Å². The zero-order valence-corrected chi connectivity index (χ0v) is 16.0. The second-order valence-electron chi connectivity index (χ2n) is 6.51. The van der Waals surface area contributed by atoms with Crippen LogP contribution in [0.1, 0.15) is 30.8 Å². The topological polar surface area (TPSA) is 72.7 Å². The molecule has 3 aromatic rings. The van der Waals surface area contributed by atoms with E-state index < -0.39 is 0 Å². The normalized spacial score (nSPS) is 11.1. The van der Waals surface area contributed by atoms with Gasteiger partial charge in [-0.3, -0.25) is 14.0 Å². The standard InChI is InChI=1S/C19H21N3O3S/c1-11(2)18(24)21-15-7-12(3)5-6-16(15)25-9-14-8-17(23)22-13(4)10-26-19(22)20-14/h5-8,10-11H,9H2,1-4H3,(H,21,24). The first-order chi connectivity index (χ1) is 12.3. The number of thiazole rings is 1. The zero-order valence-electron chi connectivity index (χ0n) is 15.2. The highest BCUT2D eigenvalue weighted by Gasteiger charge is 2.13. The maximum Gasteiger partial charge on any atom is 0.259 e. The number of nitrogens with zero attached hydrogens (tertiary/aromatic N) is 2. The van der Waals surface area contributed by atoms with Crippen molar-refractivity contribution >= 4 is 27.9 Å². The molecule has 3 rings (SSSR count). The van der Waals surface area contributed by atoms with Gasteiger partial charge in [0.15, 0.2) is 4.96 Å². The third kappa shape index (κ3) is 3.77. The van der Waals surface area contributed by atoms with E-state index in [1.807, 2.05) is 51.3 Å². The second-order valence-corrected chi connectivity index (χ2v) is 7.35. The van der Waals surface area contributed by atoms with Crippen molar-refractivity contribution in [2.24, 2.45) is 5.92 Å². The van der Waals surface area contributed by atoms with Gasteiger partial charge in [-0.2, -0.15) is 0 Å². The molecule has 0 bridgehead atoms. The van der Waals surface area contributed by atoms with Crippen molar-refractivity contribution in [3.05, 3.63) is 57.0 Å². The van der Waals surface area contributed by atoms with Crippen LogP contribution < -0.4 is 15.6 Å². The summed E-state index contributed by atoms with van der Waals surface area (Å²) >= 11 is 1.42. The van der Waals surface area contributed by atoms with Gasteiger partial charge in [0.25, 0.3) is 5.56 Å². The van der Waals surface area contributed by atoms with Crippen molar-refractivity contribution in [2.75, 3.05) is 5.32 Å². The number of ether oxygens (including phenoxy) is 1. The molecule has 0 radical (unpaired) electrons. The van der Waals surface area contributed by atoms with Gasteiger partial charge in [0.05, 0.1) is 11.4 Å². The van der Waals surface area contributed by atoms with Gasteiger partial charge in [0.2, 0.25) is 5.91 Å². The van der Waals surface area contributed by atoms with Crippen LogP contribution in [0.2, 0.25) is 0 Å². The first-order valence-electron chi connectivity index (χ1n) is 8.36. The molecule has 6 nitrogen and oxygen atoms in total. The van der Waals surface area contributed by atoms with Gasteiger partial charge in [-0.15, -0.1) is 11.3 Å². The van der Waals surface area contributed by atoms with Crippen LogP contribution >= 0.6 is 11.3 Å². The van der Waals surface area contributed by atoms with Crippen LogP contribution in [0.3, 0.4) is 0 Å². The van der Waals surface area contributed by atoms with Crippen LogP contribution in [-0.4, -0.2) is 15.3 Å². The van der Waals surface area contributed by atoms with Gasteiger partial charge in [-0.1, -0.05) is 19.9 Å². The first-order valence-corrected chi connectivity index (χ1v) is 9.24. The number of benzene rings is 1. The van der Waals surface area contributed by atoms with Crippen LogP contribution in [0, 0.1) is 19.8 Å². The van der Waals surface area contributed by atoms with Gasteiger partial charge in [-0.05, 0) is 31.5 Å². The Morgan fingerprint density at radius 1 is 1.31 bits per heavy atom. The average Bonchev–Trinajstić information content (AvgIpc) is 2.95. The van der Waals surface area contributed by atoms with E-state index in [1.54, 1.807) is 4.40 Å². The summed E-state index contributed by atoms with van der Waals surface area (Å²) in [5.74, 6) is 0.343. The zero-order chi connectivity index (χ0) is 18.8. The van der Waals surface area contributed by atoms with Crippen molar-refractivity contribution in [3.8, 4) is 5.75 Å². The van der Waals surface area contributed by atoms with Gasteiger partial charge in [0, 0.05) is 23.1 Å². The smallest absolute Gasteiger partial charge is 0.259 e. The average molecular weight is 371 g/mol. The lowest BCUT2D eigenvalue weighted by atomic mass is 10.1. The Labute approximate surface area is 155 Å². The molecule has 0 saturated carbocycles. The summed E-state index contributed by atoms with van der Waals surface area (Å²) in [4.78, 5) is 29.4. The lowest BCUT2D eigenvalue weighted by Crippen LogP contribution is -2.19. The summed E-state index contributed by atoms with van der Waals surface area (Å²) in [6.07, 6.45) is 0. The number of rotatable bonds is 5. The molecule has 1 amide bonds. The Morgan fingerprint density at radius 2 is 2.08 bits per heavy atom. The first kappa shape index (κ1) is 18.1. The molecule has 0 aliphatic carbocycles. The molecule has 2 aromatic heterocycles. The minimum absolute atomic E-state index is 0.0766. The predicted octanol–water partition coefficient (Wildman–Crippen LogP) is 3.55. The van der Waals surface area contributed by atoms with E-state index in [0.29, 0.717) is 22.1 Å². The van der Waals surface area contributed by atoms with Crippen LogP contribution in [0.25, 0.3) is 4.96 Å². The summed E-state index contributed by atoms with van der Waals surface area (Å²) in [6, 6.07) is 7.07. The monoisotopic (exact) mass is 371 g/mol. The number of hydrogen-bond donors (Lipinski definition) is 1. The van der Waals surface area contributed by atoms with Crippen molar-refractivity contribution in [1.29, 1.82) is 0 Å². The van der Waals surface area contributed by atoms with E-state index in [2.05, 4.69) is 10.3 Å². The minimum Gasteiger partial charge on any atom is -0.485 e. The molecule has 0 aliphatic heterocycles. The largest absolute Gasteiger partial charge is 0.485 e. The van der Waals surface area contributed by atoms with Crippen LogP contribution in [-0.2, 0) is 11.4 Å². The molecule has 0 saturated heterocycles. The Bertz CT molecular complexity index is 1020. The van der Waals surface area contributed by atoms with Crippen molar-refractivity contribution in [2.45, 2.75) is 34.3 Å². The lowest BCUT2D eigenvalue weighted by molar-refractivity contribution is -0.118. The summed E-state index contributed by atoms with van der Waals surface area (Å²) in [5, 5.41) is 4.78. The number of carbonyl (C=O) groups is 1. The fraction of sp³-hybridized carbons (Fsp3) is 0.316. The van der Waals surface area contributed by atoms with Crippen LogP contribution in [0.15, 0.2) is 34.4 Å². The fourth-order valence-electron chi connectivity index (χ4n) is 2.47. The fourth-order valence-corrected chi connectivity index (χ4v) is 3.36. The Morgan fingerprint density at radius 3 is 2.81 bits per heavy atom. The molecular formula is C19H21N3O3S. The van der Waals surface area contributed by atoms with Crippen LogP contribution in [0.5, 0.6) is 5.75 Å². The Balaban J connectivity index is 1.83. The molecule has 7 heteroatoms. The molecule has 0 spiro atoms. The molecule has 0 unspecified atom stereocenters. The number of carbonyl (C=O) groups excluding carboxylic acids is 1. The van der Waals surface area contributed by atoms with Crippen molar-refractivity contribution in [1.82, 2.24) is 9.38 Å². The van der Waals surface area contributed by atoms with Gasteiger partial charge in [-0.25, -0.2) is 4.98 Å². The molecule has 1 N–H and O–H groups in total. The maximum atomic E-state index is 12.2. The summed E-state index contributed by atoms with van der Waals surface area (Å²) < 4.78 is 7.43. The van der Waals surface area contributed by atoms with E-state index in [0.717, 1.165) is 11.3 Å². The highest BCUT2D eigenvalue weighted by Crippen LogP contribution is 2.27. The molecule has 2 heterocycles. The van der Waals surface area contributed by atoms with E-state index in [-0.39, 0.29) is 24.0 Å². The highest BCUT2D eigenvalue weighted by molar-refractivity contribution is 7.15. The van der Waals surface area contributed by atoms with E-state index in [4.69, 9.17) is 4.74 Å². The number of amides is 1. The number of anilines is 1. The highest BCUT2D eigenvalue weighted by atomic mass is 32.1. The summed E-state index contributed by atoms with van der Waals surface area (Å²) in [6.45, 7) is 7.64. The predicted molar refractivity (Wildman–Crippen MR) is 103 cm³/mol. The molecule has 0 fully saturated rings. The second kappa shape index (κ2) is 7.29. The SMILES string of the molecule is Cc1ccc(OCc2cc(=O)n3c(C)csc3n2)c(NC(=O)C(C)C)c1. The lowest BCUT2D eigenvalue weighted by Gasteiger charge is -2.14. The molecule has 0 aliphatic rings. The summed E-state index contributed by atoms with van der Waals surface area (Å²) in [5.41, 5.74) is 2.94. The molecular weight excluding hydrogens is 350 g/mol. The number of fused-ring (bicyclic) bond motifs is 1.